The molecule has 0 radical (unpaired) electrons. The van der Waals surface area contributed by atoms with E-state index < -0.39 is 33.5 Å². The van der Waals surface area contributed by atoms with Gasteiger partial charge in [0.05, 0.1) is 16.5 Å². The Bertz CT molecular complexity index is 961. The molecule has 0 bridgehead atoms. The standard InChI is InChI=1S/C16H20F2N4O4S/c17-16(18)22-8-11-12(21-22)6-10(7-14(11)27(19,25)26)20-15(24)5-9-3-1-2-4-13(9)23/h6-9,13,16,23H,1-5H2,(H,20,24)(H2,19,25,26). The molecule has 0 saturated heterocycles. The number of amides is 1. The topological polar surface area (TPSA) is 127 Å². The van der Waals surface area contributed by atoms with Crippen molar-refractivity contribution >= 4 is 32.5 Å². The first-order chi connectivity index (χ1) is 12.6. The van der Waals surface area contributed by atoms with E-state index in [1.54, 1.807) is 0 Å². The van der Waals surface area contributed by atoms with Crippen molar-refractivity contribution in [2.24, 2.45) is 11.1 Å². The van der Waals surface area contributed by atoms with Gasteiger partial charge >= 0.3 is 6.55 Å². The number of anilines is 1. The summed E-state index contributed by atoms with van der Waals surface area (Å²) in [6.07, 6.45) is 3.65. The maximum atomic E-state index is 12.9. The molecule has 4 N–H and O–H groups in total. The summed E-state index contributed by atoms with van der Waals surface area (Å²) in [6.45, 7) is -2.95. The predicted octanol–water partition coefficient (Wildman–Crippen LogP) is 1.96. The number of aliphatic hydroxyl groups excluding tert-OH is 1. The number of primary sulfonamides is 1. The maximum Gasteiger partial charge on any atom is 0.333 e. The highest BCUT2D eigenvalue weighted by Crippen LogP contribution is 2.30. The monoisotopic (exact) mass is 402 g/mol. The third-order valence-corrected chi connectivity index (χ3v) is 5.66. The Morgan fingerprint density at radius 2 is 2.07 bits per heavy atom. The number of rotatable bonds is 5. The van der Waals surface area contributed by atoms with Gasteiger partial charge in [0.1, 0.15) is 0 Å². The molecule has 1 fully saturated rings. The van der Waals surface area contributed by atoms with Gasteiger partial charge in [-0.05, 0) is 30.9 Å². The van der Waals surface area contributed by atoms with Crippen LogP contribution >= 0.6 is 0 Å². The fourth-order valence-corrected chi connectivity index (χ4v) is 4.15. The Labute approximate surface area is 154 Å². The van der Waals surface area contributed by atoms with E-state index in [2.05, 4.69) is 10.4 Å². The lowest BCUT2D eigenvalue weighted by Gasteiger charge is -2.26. The van der Waals surface area contributed by atoms with Gasteiger partial charge in [-0.15, -0.1) is 0 Å². The number of hydrogen-bond acceptors (Lipinski definition) is 5. The summed E-state index contributed by atoms with van der Waals surface area (Å²) in [5, 5.41) is 21.3. The third-order valence-electron chi connectivity index (χ3n) is 4.71. The van der Waals surface area contributed by atoms with E-state index in [9.17, 15) is 27.1 Å². The van der Waals surface area contributed by atoms with E-state index >= 15 is 0 Å². The van der Waals surface area contributed by atoms with Crippen molar-refractivity contribution in [1.82, 2.24) is 9.78 Å². The molecule has 2 unspecified atom stereocenters. The Hall–Kier alpha value is -2.11. The second kappa shape index (κ2) is 7.49. The number of nitrogens with two attached hydrogens (primary N) is 1. The van der Waals surface area contributed by atoms with Crippen LogP contribution in [0.5, 0.6) is 0 Å². The summed E-state index contributed by atoms with van der Waals surface area (Å²) in [7, 11) is -4.23. The second-order valence-corrected chi connectivity index (χ2v) is 8.23. The summed E-state index contributed by atoms with van der Waals surface area (Å²) in [5.41, 5.74) is 0.0520. The predicted molar refractivity (Wildman–Crippen MR) is 93.6 cm³/mol. The Kier molecular flexibility index (Phi) is 5.45. The molecule has 148 valence electrons. The van der Waals surface area contributed by atoms with Crippen LogP contribution in [0.3, 0.4) is 0 Å². The Morgan fingerprint density at radius 3 is 2.70 bits per heavy atom. The Morgan fingerprint density at radius 1 is 1.37 bits per heavy atom. The molecule has 2 atom stereocenters. The molecule has 1 aromatic heterocycles. The first-order valence-electron chi connectivity index (χ1n) is 8.47. The summed E-state index contributed by atoms with van der Waals surface area (Å²) in [5.74, 6) is -0.577. The number of carbonyl (C=O) groups excluding carboxylic acids is 1. The van der Waals surface area contributed by atoms with Crippen molar-refractivity contribution in [3.8, 4) is 0 Å². The minimum absolute atomic E-state index is 0.0326. The van der Waals surface area contributed by atoms with Crippen LogP contribution in [0.15, 0.2) is 23.2 Å². The average molecular weight is 402 g/mol. The van der Waals surface area contributed by atoms with Crippen molar-refractivity contribution in [2.45, 2.75) is 49.7 Å². The molecule has 0 aliphatic heterocycles. The average Bonchev–Trinajstić information content (AvgIpc) is 2.99. The maximum absolute atomic E-state index is 12.9. The quantitative estimate of drug-likeness (QED) is 0.704. The van der Waals surface area contributed by atoms with Crippen molar-refractivity contribution in [2.75, 3.05) is 5.32 Å². The van der Waals surface area contributed by atoms with E-state index in [1.807, 2.05) is 0 Å². The number of sulfonamides is 1. The van der Waals surface area contributed by atoms with E-state index in [1.165, 1.54) is 6.07 Å². The summed E-state index contributed by atoms with van der Waals surface area (Å²) in [6, 6.07) is 2.42. The van der Waals surface area contributed by atoms with Gasteiger partial charge in [0.2, 0.25) is 15.9 Å². The highest BCUT2D eigenvalue weighted by atomic mass is 32.2. The van der Waals surface area contributed by atoms with Crippen LogP contribution < -0.4 is 10.5 Å². The van der Waals surface area contributed by atoms with Gasteiger partial charge in [0.25, 0.3) is 0 Å². The lowest BCUT2D eigenvalue weighted by Crippen LogP contribution is -2.28. The number of nitrogens with one attached hydrogen (secondary N) is 1. The number of nitrogens with zero attached hydrogens (tertiary/aromatic N) is 2. The number of carbonyl (C=O) groups is 1. The van der Waals surface area contributed by atoms with Gasteiger partial charge in [-0.2, -0.15) is 13.9 Å². The zero-order chi connectivity index (χ0) is 19.8. The molecule has 8 nitrogen and oxygen atoms in total. The van der Waals surface area contributed by atoms with Gasteiger partial charge in [0.15, 0.2) is 0 Å². The van der Waals surface area contributed by atoms with Crippen molar-refractivity contribution in [3.05, 3.63) is 18.3 Å². The molecule has 1 saturated carbocycles. The smallest absolute Gasteiger partial charge is 0.333 e. The normalized spacial score (nSPS) is 20.9. The fourth-order valence-electron chi connectivity index (χ4n) is 3.39. The largest absolute Gasteiger partial charge is 0.393 e. The van der Waals surface area contributed by atoms with Crippen molar-refractivity contribution in [1.29, 1.82) is 0 Å². The lowest BCUT2D eigenvalue weighted by atomic mass is 9.84. The molecule has 3 rings (SSSR count). The van der Waals surface area contributed by atoms with E-state index in [-0.39, 0.29) is 28.9 Å². The number of fused-ring (bicyclic) bond motifs is 1. The number of aliphatic hydroxyl groups is 1. The molecule has 1 aliphatic carbocycles. The summed E-state index contributed by atoms with van der Waals surface area (Å²) in [4.78, 5) is 11.9. The van der Waals surface area contributed by atoms with Crippen molar-refractivity contribution in [3.63, 3.8) is 0 Å². The number of benzene rings is 1. The van der Waals surface area contributed by atoms with E-state index in [0.29, 0.717) is 11.1 Å². The zero-order valence-corrected chi connectivity index (χ0v) is 15.1. The molecule has 27 heavy (non-hydrogen) atoms. The zero-order valence-electron chi connectivity index (χ0n) is 14.3. The fraction of sp³-hybridized carbons (Fsp3) is 0.500. The molecule has 1 aliphatic rings. The molecular weight excluding hydrogens is 382 g/mol. The number of halogens is 2. The Balaban J connectivity index is 1.89. The van der Waals surface area contributed by atoms with Crippen LogP contribution in [0.2, 0.25) is 0 Å². The van der Waals surface area contributed by atoms with Crippen LogP contribution in [0.25, 0.3) is 10.9 Å². The second-order valence-electron chi connectivity index (χ2n) is 6.70. The molecule has 11 heteroatoms. The molecule has 1 aromatic carbocycles. The van der Waals surface area contributed by atoms with E-state index in [4.69, 9.17) is 5.14 Å². The van der Waals surface area contributed by atoms with Crippen LogP contribution in [0.4, 0.5) is 14.5 Å². The van der Waals surface area contributed by atoms with Crippen LogP contribution in [-0.2, 0) is 14.8 Å². The molecule has 1 amide bonds. The minimum Gasteiger partial charge on any atom is -0.393 e. The molecule has 2 aromatic rings. The summed E-state index contributed by atoms with van der Waals surface area (Å²) >= 11 is 0. The summed E-state index contributed by atoms with van der Waals surface area (Å²) < 4.78 is 49.7. The van der Waals surface area contributed by atoms with E-state index in [0.717, 1.165) is 31.5 Å². The molecular formula is C16H20F2N4O4S. The van der Waals surface area contributed by atoms with Gasteiger partial charge in [-0.1, -0.05) is 12.8 Å². The first kappa shape index (κ1) is 19.6. The highest BCUT2D eigenvalue weighted by molar-refractivity contribution is 7.89. The van der Waals surface area contributed by atoms with Crippen LogP contribution in [0.1, 0.15) is 38.7 Å². The van der Waals surface area contributed by atoms with Gasteiger partial charge < -0.3 is 10.4 Å². The highest BCUT2D eigenvalue weighted by Gasteiger charge is 2.26. The third kappa shape index (κ3) is 4.42. The minimum atomic E-state index is -4.23. The van der Waals surface area contributed by atoms with Crippen LogP contribution in [-0.4, -0.2) is 35.3 Å². The molecule has 0 spiro atoms. The number of aromatic nitrogens is 2. The van der Waals surface area contributed by atoms with Gasteiger partial charge in [-0.25, -0.2) is 18.2 Å². The number of hydrogen-bond donors (Lipinski definition) is 3. The SMILES string of the molecule is NS(=O)(=O)c1cc(NC(=O)CC2CCCCC2O)cc2nn(C(F)F)cc12. The van der Waals surface area contributed by atoms with Gasteiger partial charge in [-0.3, -0.25) is 4.79 Å². The van der Waals surface area contributed by atoms with Gasteiger partial charge in [0, 0.05) is 23.7 Å². The molecule has 1 heterocycles. The van der Waals surface area contributed by atoms with Crippen LogP contribution in [0, 0.1) is 5.92 Å². The lowest BCUT2D eigenvalue weighted by molar-refractivity contribution is -0.118. The van der Waals surface area contributed by atoms with Crippen molar-refractivity contribution < 1.29 is 27.1 Å². The first-order valence-corrected chi connectivity index (χ1v) is 10.0. The number of alkyl halides is 2.